The van der Waals surface area contributed by atoms with Crippen molar-refractivity contribution in [1.82, 2.24) is 5.32 Å². The summed E-state index contributed by atoms with van der Waals surface area (Å²) in [5, 5.41) is 4.03. The molecule has 1 saturated heterocycles. The van der Waals surface area contributed by atoms with Gasteiger partial charge in [-0.15, -0.1) is 0 Å². The van der Waals surface area contributed by atoms with E-state index in [0.29, 0.717) is 11.3 Å². The van der Waals surface area contributed by atoms with Gasteiger partial charge in [-0.1, -0.05) is 31.2 Å². The van der Waals surface area contributed by atoms with Gasteiger partial charge in [0.2, 0.25) is 0 Å². The molecule has 0 radical (unpaired) electrons. The second kappa shape index (κ2) is 4.37. The molecule has 0 bridgehead atoms. The lowest BCUT2D eigenvalue weighted by atomic mass is 10.0. The zero-order valence-electron chi connectivity index (χ0n) is 8.79. The third-order valence-corrected chi connectivity index (χ3v) is 4.42. The minimum atomic E-state index is 0.672. The first-order chi connectivity index (χ1) is 6.85. The molecule has 1 fully saturated rings. The monoisotopic (exact) mass is 207 g/mol. The Labute approximate surface area is 90.3 Å². The fraction of sp³-hybridized carbons (Fsp3) is 0.500. The summed E-state index contributed by atoms with van der Waals surface area (Å²) in [5.41, 5.74) is 2.90. The van der Waals surface area contributed by atoms with Crippen molar-refractivity contribution in [2.45, 2.75) is 24.6 Å². The predicted molar refractivity (Wildman–Crippen MR) is 63.9 cm³/mol. The van der Waals surface area contributed by atoms with E-state index in [0.717, 1.165) is 6.42 Å². The van der Waals surface area contributed by atoms with Crippen LogP contribution in [0.4, 0.5) is 0 Å². The van der Waals surface area contributed by atoms with E-state index in [1.165, 1.54) is 16.9 Å². The molecule has 1 aromatic rings. The smallest absolute Gasteiger partial charge is 0.0459 e. The Kier molecular flexibility index (Phi) is 3.14. The molecular formula is C12H17NS. The lowest BCUT2D eigenvalue weighted by Gasteiger charge is -2.36. The predicted octanol–water partition coefficient (Wildman–Crippen LogP) is 2.62. The van der Waals surface area contributed by atoms with Crippen molar-refractivity contribution in [1.29, 1.82) is 0 Å². The number of benzene rings is 1. The highest BCUT2D eigenvalue weighted by Gasteiger charge is 2.31. The highest BCUT2D eigenvalue weighted by Crippen LogP contribution is 2.42. The van der Waals surface area contributed by atoms with E-state index in [9.17, 15) is 0 Å². The molecule has 2 heteroatoms. The standard InChI is InChI=1S/C12H17NS/c1-3-9-4-6-10(7-5-9)12-11(13-2)8-14-12/h4-7,11-13H,3,8H2,1-2H3. The summed E-state index contributed by atoms with van der Waals surface area (Å²) in [4.78, 5) is 0. The molecule has 2 rings (SSSR count). The van der Waals surface area contributed by atoms with Crippen molar-refractivity contribution in [3.05, 3.63) is 35.4 Å². The summed E-state index contributed by atoms with van der Waals surface area (Å²) in [7, 11) is 2.05. The van der Waals surface area contributed by atoms with Crippen molar-refractivity contribution in [3.8, 4) is 0 Å². The maximum absolute atomic E-state index is 3.36. The SMILES string of the molecule is CCc1ccc(C2SCC2NC)cc1. The number of nitrogens with one attached hydrogen (secondary N) is 1. The molecule has 1 aliphatic heterocycles. The number of aryl methyl sites for hydroxylation is 1. The van der Waals surface area contributed by atoms with Crippen molar-refractivity contribution >= 4 is 11.8 Å². The molecule has 1 nitrogen and oxygen atoms in total. The van der Waals surface area contributed by atoms with Crippen LogP contribution in [0.15, 0.2) is 24.3 Å². The van der Waals surface area contributed by atoms with Gasteiger partial charge in [0, 0.05) is 17.0 Å². The Balaban J connectivity index is 2.09. The maximum Gasteiger partial charge on any atom is 0.0459 e. The minimum Gasteiger partial charge on any atom is -0.315 e. The molecule has 76 valence electrons. The van der Waals surface area contributed by atoms with Gasteiger partial charge in [-0.3, -0.25) is 0 Å². The Bertz CT molecular complexity index is 292. The Morgan fingerprint density at radius 3 is 2.50 bits per heavy atom. The summed E-state index contributed by atoms with van der Waals surface area (Å²) in [6.45, 7) is 2.20. The highest BCUT2D eigenvalue weighted by molar-refractivity contribution is 8.01. The number of hydrogen-bond donors (Lipinski definition) is 1. The molecule has 2 unspecified atom stereocenters. The normalized spacial score (nSPS) is 25.9. The zero-order valence-corrected chi connectivity index (χ0v) is 9.60. The van der Waals surface area contributed by atoms with Gasteiger partial charge >= 0.3 is 0 Å². The molecule has 14 heavy (non-hydrogen) atoms. The molecule has 1 N–H and O–H groups in total. The van der Waals surface area contributed by atoms with Crippen LogP contribution in [0.3, 0.4) is 0 Å². The quantitative estimate of drug-likeness (QED) is 0.817. The topological polar surface area (TPSA) is 12.0 Å². The van der Waals surface area contributed by atoms with Gasteiger partial charge < -0.3 is 5.32 Å². The second-order valence-electron chi connectivity index (χ2n) is 3.74. The van der Waals surface area contributed by atoms with E-state index >= 15 is 0 Å². The maximum atomic E-state index is 3.36. The minimum absolute atomic E-state index is 0.672. The molecule has 2 atom stereocenters. The summed E-state index contributed by atoms with van der Waals surface area (Å²) in [6, 6.07) is 9.73. The van der Waals surface area contributed by atoms with E-state index in [1.807, 2.05) is 11.8 Å². The van der Waals surface area contributed by atoms with E-state index in [2.05, 4.69) is 43.6 Å². The average Bonchev–Trinajstić information content (AvgIpc) is 2.18. The van der Waals surface area contributed by atoms with Crippen molar-refractivity contribution in [3.63, 3.8) is 0 Å². The molecule has 0 amide bonds. The van der Waals surface area contributed by atoms with Crippen molar-refractivity contribution in [2.75, 3.05) is 12.8 Å². The number of thioether (sulfide) groups is 1. The van der Waals surface area contributed by atoms with Gasteiger partial charge in [0.15, 0.2) is 0 Å². The molecule has 0 aromatic heterocycles. The second-order valence-corrected chi connectivity index (χ2v) is 4.92. The third-order valence-electron chi connectivity index (χ3n) is 2.91. The summed E-state index contributed by atoms with van der Waals surface area (Å²) < 4.78 is 0. The van der Waals surface area contributed by atoms with E-state index in [1.54, 1.807) is 0 Å². The first-order valence-electron chi connectivity index (χ1n) is 5.23. The van der Waals surface area contributed by atoms with Crippen LogP contribution in [0.2, 0.25) is 0 Å². The van der Waals surface area contributed by atoms with Gasteiger partial charge in [0.05, 0.1) is 0 Å². The molecule has 1 aliphatic rings. The summed E-state index contributed by atoms with van der Waals surface area (Å²) in [6.07, 6.45) is 1.13. The van der Waals surface area contributed by atoms with Crippen LogP contribution in [-0.4, -0.2) is 18.8 Å². The Hall–Kier alpha value is -0.470. The van der Waals surface area contributed by atoms with Crippen LogP contribution in [0, 0.1) is 0 Å². The highest BCUT2D eigenvalue weighted by atomic mass is 32.2. The van der Waals surface area contributed by atoms with Crippen LogP contribution in [0.1, 0.15) is 23.3 Å². The fourth-order valence-corrected chi connectivity index (χ4v) is 3.02. The van der Waals surface area contributed by atoms with Crippen molar-refractivity contribution < 1.29 is 0 Å². The lowest BCUT2D eigenvalue weighted by molar-refractivity contribution is 0.573. The largest absolute Gasteiger partial charge is 0.315 e. The van der Waals surface area contributed by atoms with Crippen LogP contribution in [0.5, 0.6) is 0 Å². The van der Waals surface area contributed by atoms with Gasteiger partial charge in [-0.2, -0.15) is 11.8 Å². The van der Waals surface area contributed by atoms with Gasteiger partial charge in [0.1, 0.15) is 0 Å². The van der Waals surface area contributed by atoms with Crippen LogP contribution in [0.25, 0.3) is 0 Å². The first kappa shape index (κ1) is 10.1. The van der Waals surface area contributed by atoms with Crippen LogP contribution < -0.4 is 5.32 Å². The third kappa shape index (κ3) is 1.82. The molecule has 0 spiro atoms. The van der Waals surface area contributed by atoms with Crippen molar-refractivity contribution in [2.24, 2.45) is 0 Å². The summed E-state index contributed by atoms with van der Waals surface area (Å²) in [5.74, 6) is 1.25. The first-order valence-corrected chi connectivity index (χ1v) is 6.27. The number of rotatable bonds is 3. The van der Waals surface area contributed by atoms with E-state index < -0.39 is 0 Å². The Morgan fingerprint density at radius 2 is 2.07 bits per heavy atom. The summed E-state index contributed by atoms with van der Waals surface area (Å²) >= 11 is 2.04. The average molecular weight is 207 g/mol. The lowest BCUT2D eigenvalue weighted by Crippen LogP contribution is -2.40. The Morgan fingerprint density at radius 1 is 1.36 bits per heavy atom. The van der Waals surface area contributed by atoms with E-state index in [-0.39, 0.29) is 0 Å². The van der Waals surface area contributed by atoms with Crippen LogP contribution in [-0.2, 0) is 6.42 Å². The molecule has 1 heterocycles. The number of hydrogen-bond acceptors (Lipinski definition) is 2. The zero-order chi connectivity index (χ0) is 9.97. The van der Waals surface area contributed by atoms with Crippen LogP contribution >= 0.6 is 11.8 Å². The van der Waals surface area contributed by atoms with Gasteiger partial charge in [-0.05, 0) is 24.6 Å². The molecule has 1 aromatic carbocycles. The molecular weight excluding hydrogens is 190 g/mol. The molecule has 0 aliphatic carbocycles. The van der Waals surface area contributed by atoms with Gasteiger partial charge in [0.25, 0.3) is 0 Å². The van der Waals surface area contributed by atoms with Gasteiger partial charge in [-0.25, -0.2) is 0 Å². The number of likely N-dealkylation sites (N-methyl/N-ethyl adjacent to an activating group) is 1. The molecule has 0 saturated carbocycles. The fourth-order valence-electron chi connectivity index (χ4n) is 1.79. The van der Waals surface area contributed by atoms with E-state index in [4.69, 9.17) is 0 Å².